The summed E-state index contributed by atoms with van der Waals surface area (Å²) in [4.78, 5) is 20.8. The predicted molar refractivity (Wildman–Crippen MR) is 122 cm³/mol. The van der Waals surface area contributed by atoms with Crippen LogP contribution >= 0.6 is 0 Å². The van der Waals surface area contributed by atoms with Gasteiger partial charge in [0.2, 0.25) is 5.82 Å². The number of hydrogen-bond donors (Lipinski definition) is 2. The summed E-state index contributed by atoms with van der Waals surface area (Å²) in [6.07, 6.45) is 8.73. The van der Waals surface area contributed by atoms with Gasteiger partial charge in [0.15, 0.2) is 23.2 Å². The number of fused-ring (bicyclic) bond motifs is 1. The number of benzene rings is 2. The molecule has 7 nitrogen and oxygen atoms in total. The zero-order valence-electron chi connectivity index (χ0n) is 18.6. The van der Waals surface area contributed by atoms with E-state index < -0.39 is 34.7 Å². The smallest absolute Gasteiger partial charge is 0.254 e. The van der Waals surface area contributed by atoms with Crippen LogP contribution < -0.4 is 5.32 Å². The topological polar surface area (TPSA) is 92.9 Å². The lowest BCUT2D eigenvalue weighted by Gasteiger charge is -2.28. The average Bonchev–Trinajstić information content (AvgIpc) is 3.32. The minimum Gasteiger partial charge on any atom is -0.503 e. The first-order valence-corrected chi connectivity index (χ1v) is 11.3. The van der Waals surface area contributed by atoms with Crippen LogP contribution in [0, 0.1) is 23.4 Å². The second kappa shape index (κ2) is 9.36. The monoisotopic (exact) mass is 481 g/mol. The van der Waals surface area contributed by atoms with Gasteiger partial charge in [-0.25, -0.2) is 18.7 Å². The second-order valence-corrected chi connectivity index (χ2v) is 8.72. The molecule has 0 atom stereocenters. The molecule has 1 fully saturated rings. The minimum atomic E-state index is -1.77. The largest absolute Gasteiger partial charge is 0.503 e. The first kappa shape index (κ1) is 22.8. The zero-order chi connectivity index (χ0) is 24.5. The SMILES string of the molecule is O=C(NC[C@H]1CC[C@H](n2cc3ccc(-c4ncccn4)cc3n2)CC1)c1cc(F)c(O)c(F)c1F. The third-order valence-corrected chi connectivity index (χ3v) is 6.47. The van der Waals surface area contributed by atoms with Gasteiger partial charge in [-0.1, -0.05) is 12.1 Å². The van der Waals surface area contributed by atoms with Gasteiger partial charge in [0.1, 0.15) is 0 Å². The summed E-state index contributed by atoms with van der Waals surface area (Å²) < 4.78 is 43.0. The van der Waals surface area contributed by atoms with Gasteiger partial charge in [0.05, 0.1) is 17.1 Å². The number of hydrogen-bond acceptors (Lipinski definition) is 5. The number of aromatic hydroxyl groups is 1. The summed E-state index contributed by atoms with van der Waals surface area (Å²) in [5, 5.41) is 17.5. The van der Waals surface area contributed by atoms with Crippen LogP contribution in [0.3, 0.4) is 0 Å². The molecule has 1 amide bonds. The van der Waals surface area contributed by atoms with E-state index >= 15 is 0 Å². The maximum absolute atomic E-state index is 13.9. The molecule has 1 aliphatic rings. The molecule has 1 aliphatic carbocycles. The van der Waals surface area contributed by atoms with Crippen LogP contribution in [0.15, 0.2) is 48.9 Å². The first-order valence-electron chi connectivity index (χ1n) is 11.3. The fraction of sp³-hybridized carbons (Fsp3) is 0.280. The molecule has 0 unspecified atom stereocenters. The number of amides is 1. The lowest BCUT2D eigenvalue weighted by molar-refractivity contribution is 0.0935. The Morgan fingerprint density at radius 2 is 1.80 bits per heavy atom. The normalized spacial score (nSPS) is 18.0. The Balaban J connectivity index is 1.19. The third kappa shape index (κ3) is 4.55. The summed E-state index contributed by atoms with van der Waals surface area (Å²) in [6, 6.07) is 8.42. The average molecular weight is 481 g/mol. The molecule has 0 bridgehead atoms. The molecule has 0 radical (unpaired) electrons. The highest BCUT2D eigenvalue weighted by Gasteiger charge is 2.26. The van der Waals surface area contributed by atoms with Crippen LogP contribution in [0.1, 0.15) is 42.1 Å². The molecule has 35 heavy (non-hydrogen) atoms. The van der Waals surface area contributed by atoms with Crippen molar-refractivity contribution in [3.8, 4) is 17.1 Å². The number of aromatic nitrogens is 4. The molecule has 2 N–H and O–H groups in total. The molecule has 0 saturated heterocycles. The molecule has 5 rings (SSSR count). The fourth-order valence-electron chi connectivity index (χ4n) is 4.51. The van der Waals surface area contributed by atoms with Crippen molar-refractivity contribution in [2.24, 2.45) is 5.92 Å². The van der Waals surface area contributed by atoms with Gasteiger partial charge in [-0.2, -0.15) is 9.49 Å². The Bertz CT molecular complexity index is 1390. The van der Waals surface area contributed by atoms with E-state index in [9.17, 15) is 18.0 Å². The standard InChI is InChI=1S/C25H22F3N5O2/c26-19-11-18(21(27)22(28)23(19)34)25(35)31-12-14-2-6-17(7-3-14)33-13-16-5-4-15(10-20(16)32-33)24-29-8-1-9-30-24/h1,4-5,8-11,13-14,17,34H,2-3,6-7,12H2,(H,31,35)/t14-,17-. The molecule has 2 aromatic carbocycles. The Morgan fingerprint density at radius 1 is 1.06 bits per heavy atom. The van der Waals surface area contributed by atoms with Crippen molar-refractivity contribution in [2.45, 2.75) is 31.7 Å². The Kier molecular flexibility index (Phi) is 6.10. The van der Waals surface area contributed by atoms with E-state index in [0.717, 1.165) is 42.1 Å². The summed E-state index contributed by atoms with van der Waals surface area (Å²) in [5.74, 6) is -6.29. The predicted octanol–water partition coefficient (Wildman–Crippen LogP) is 4.78. The molecule has 0 spiro atoms. The third-order valence-electron chi connectivity index (χ3n) is 6.47. The van der Waals surface area contributed by atoms with Crippen LogP contribution in [-0.2, 0) is 0 Å². The van der Waals surface area contributed by atoms with E-state index in [1.54, 1.807) is 18.5 Å². The maximum atomic E-state index is 13.9. The number of halogens is 3. The first-order chi connectivity index (χ1) is 16.9. The molecule has 180 valence electrons. The van der Waals surface area contributed by atoms with Gasteiger partial charge in [-0.3, -0.25) is 9.48 Å². The number of phenolic OH excluding ortho intramolecular Hbond substituents is 1. The highest BCUT2D eigenvalue weighted by atomic mass is 19.2. The number of carbonyl (C=O) groups excluding carboxylic acids is 1. The second-order valence-electron chi connectivity index (χ2n) is 8.72. The summed E-state index contributed by atoms with van der Waals surface area (Å²) >= 11 is 0. The van der Waals surface area contributed by atoms with Crippen LogP contribution in [0.2, 0.25) is 0 Å². The summed E-state index contributed by atoms with van der Waals surface area (Å²) in [6.45, 7) is 0.261. The van der Waals surface area contributed by atoms with E-state index in [1.807, 2.05) is 29.1 Å². The number of rotatable bonds is 5. The number of nitrogens with zero attached hydrogens (tertiary/aromatic N) is 4. The Labute approximate surface area is 198 Å². The van der Waals surface area contributed by atoms with E-state index in [1.165, 1.54) is 0 Å². The maximum Gasteiger partial charge on any atom is 0.254 e. The van der Waals surface area contributed by atoms with E-state index in [2.05, 4.69) is 15.3 Å². The van der Waals surface area contributed by atoms with Crippen LogP contribution in [0.5, 0.6) is 5.75 Å². The minimum absolute atomic E-state index is 0.150. The van der Waals surface area contributed by atoms with Crippen LogP contribution in [0.4, 0.5) is 13.2 Å². The van der Waals surface area contributed by atoms with Crippen molar-refractivity contribution < 1.29 is 23.1 Å². The van der Waals surface area contributed by atoms with Crippen molar-refractivity contribution in [3.05, 3.63) is 71.9 Å². The van der Waals surface area contributed by atoms with Crippen LogP contribution in [0.25, 0.3) is 22.3 Å². The highest BCUT2D eigenvalue weighted by molar-refractivity contribution is 5.94. The van der Waals surface area contributed by atoms with E-state index in [4.69, 9.17) is 10.2 Å². The van der Waals surface area contributed by atoms with Crippen molar-refractivity contribution in [2.75, 3.05) is 6.54 Å². The summed E-state index contributed by atoms with van der Waals surface area (Å²) in [5.41, 5.74) is 0.988. The number of phenols is 1. The van der Waals surface area contributed by atoms with E-state index in [0.29, 0.717) is 11.9 Å². The molecule has 10 heteroatoms. The quantitative estimate of drug-likeness (QED) is 0.401. The Hall–Kier alpha value is -3.95. The molecule has 2 aromatic heterocycles. The molecular weight excluding hydrogens is 459 g/mol. The van der Waals surface area contributed by atoms with Gasteiger partial charge in [-0.05, 0) is 49.8 Å². The van der Waals surface area contributed by atoms with Gasteiger partial charge in [0.25, 0.3) is 5.91 Å². The number of carbonyl (C=O) groups is 1. The lowest BCUT2D eigenvalue weighted by Crippen LogP contribution is -2.32. The van der Waals surface area contributed by atoms with Gasteiger partial charge in [0, 0.05) is 36.1 Å². The van der Waals surface area contributed by atoms with Crippen LogP contribution in [-0.4, -0.2) is 37.3 Å². The number of nitrogens with one attached hydrogen (secondary N) is 1. The Morgan fingerprint density at radius 3 is 2.54 bits per heavy atom. The fourth-order valence-corrected chi connectivity index (χ4v) is 4.51. The van der Waals surface area contributed by atoms with Crippen molar-refractivity contribution >= 4 is 16.8 Å². The van der Waals surface area contributed by atoms with Gasteiger partial charge < -0.3 is 10.4 Å². The molecule has 0 aliphatic heterocycles. The molecular formula is C25H22F3N5O2. The van der Waals surface area contributed by atoms with E-state index in [-0.39, 0.29) is 18.5 Å². The molecule has 1 saturated carbocycles. The molecule has 4 aromatic rings. The lowest BCUT2D eigenvalue weighted by atomic mass is 9.86. The summed E-state index contributed by atoms with van der Waals surface area (Å²) in [7, 11) is 0. The van der Waals surface area contributed by atoms with Crippen molar-refractivity contribution in [1.82, 2.24) is 25.1 Å². The molecule has 2 heterocycles. The van der Waals surface area contributed by atoms with Crippen molar-refractivity contribution in [1.29, 1.82) is 0 Å². The highest BCUT2D eigenvalue weighted by Crippen LogP contribution is 2.33. The van der Waals surface area contributed by atoms with Crippen molar-refractivity contribution in [3.63, 3.8) is 0 Å². The zero-order valence-corrected chi connectivity index (χ0v) is 18.6. The van der Waals surface area contributed by atoms with Gasteiger partial charge >= 0.3 is 0 Å². The van der Waals surface area contributed by atoms with Gasteiger partial charge in [-0.15, -0.1) is 0 Å².